The van der Waals surface area contributed by atoms with Crippen molar-refractivity contribution in [2.75, 3.05) is 64.2 Å². The first kappa shape index (κ1) is 32.6. The summed E-state index contributed by atoms with van der Waals surface area (Å²) in [5, 5.41) is 14.9. The molecule has 11 heteroatoms. The van der Waals surface area contributed by atoms with Gasteiger partial charge in [0.1, 0.15) is 0 Å². The van der Waals surface area contributed by atoms with E-state index in [-0.39, 0.29) is 30.3 Å². The number of aromatic amines is 1. The fraction of sp³-hybridized carbons (Fsp3) is 0.568. The molecule has 256 valence electrons. The van der Waals surface area contributed by atoms with Gasteiger partial charge >= 0.3 is 6.03 Å². The molecule has 48 heavy (non-hydrogen) atoms. The first-order valence-electron chi connectivity index (χ1n) is 18.1. The Morgan fingerprint density at radius 1 is 0.917 bits per heavy atom. The van der Waals surface area contributed by atoms with Crippen molar-refractivity contribution >= 4 is 34.4 Å². The van der Waals surface area contributed by atoms with Gasteiger partial charge < -0.3 is 25.3 Å². The summed E-state index contributed by atoms with van der Waals surface area (Å²) in [6.07, 6.45) is 7.69. The summed E-state index contributed by atoms with van der Waals surface area (Å²) < 4.78 is 0. The molecule has 11 nitrogen and oxygen atoms in total. The van der Waals surface area contributed by atoms with Crippen LogP contribution < -0.4 is 10.6 Å². The van der Waals surface area contributed by atoms with Crippen molar-refractivity contribution in [3.8, 4) is 0 Å². The van der Waals surface area contributed by atoms with Crippen LogP contribution in [0.4, 0.5) is 10.5 Å². The second kappa shape index (κ2) is 14.7. The molecule has 5 heterocycles. The number of fused-ring (bicyclic) bond motifs is 2. The quantitative estimate of drug-likeness (QED) is 0.342. The van der Waals surface area contributed by atoms with Crippen molar-refractivity contribution in [1.29, 1.82) is 0 Å². The summed E-state index contributed by atoms with van der Waals surface area (Å²) in [4.78, 5) is 49.8. The van der Waals surface area contributed by atoms with Crippen LogP contribution in [-0.4, -0.2) is 119 Å². The summed E-state index contributed by atoms with van der Waals surface area (Å²) in [6, 6.07) is 12.8. The van der Waals surface area contributed by atoms with E-state index in [4.69, 9.17) is 0 Å². The number of anilines is 1. The minimum atomic E-state index is -0.421. The third-order valence-electron chi connectivity index (χ3n) is 11.2. The SMILES string of the molecule is CCc1cc(CC(CC(=O)N2CCC(N3CCc4ccccc4NC3=O)CC2)C(=O)N2CCC(N3CCNCC3)CC2)cc2cn[nH]c12. The minimum absolute atomic E-state index is 0.0373. The molecular weight excluding hydrogens is 604 g/mol. The summed E-state index contributed by atoms with van der Waals surface area (Å²) in [7, 11) is 0. The molecule has 2 aromatic carbocycles. The largest absolute Gasteiger partial charge is 0.343 e. The van der Waals surface area contributed by atoms with Crippen LogP contribution in [0.1, 0.15) is 55.7 Å². The Balaban J connectivity index is 1.01. The van der Waals surface area contributed by atoms with Crippen molar-refractivity contribution in [3.05, 3.63) is 59.3 Å². The number of nitrogens with zero attached hydrogens (tertiary/aromatic N) is 5. The normalized spacial score (nSPS) is 20.8. The van der Waals surface area contributed by atoms with Gasteiger partial charge in [-0.05, 0) is 73.8 Å². The molecule has 3 aromatic rings. The smallest absolute Gasteiger partial charge is 0.322 e. The zero-order valence-corrected chi connectivity index (χ0v) is 28.3. The van der Waals surface area contributed by atoms with Crippen molar-refractivity contribution in [3.63, 3.8) is 0 Å². The minimum Gasteiger partial charge on any atom is -0.343 e. The first-order valence-corrected chi connectivity index (χ1v) is 18.1. The van der Waals surface area contributed by atoms with Gasteiger partial charge in [-0.1, -0.05) is 31.2 Å². The first-order chi connectivity index (χ1) is 23.5. The molecule has 1 atom stereocenters. The lowest BCUT2D eigenvalue weighted by molar-refractivity contribution is -0.143. The average molecular weight is 655 g/mol. The van der Waals surface area contributed by atoms with Crippen LogP contribution in [0, 0.1) is 5.92 Å². The highest BCUT2D eigenvalue weighted by atomic mass is 16.2. The van der Waals surface area contributed by atoms with Gasteiger partial charge in [-0.15, -0.1) is 0 Å². The number of piperazine rings is 1. The molecule has 4 aliphatic heterocycles. The van der Waals surface area contributed by atoms with Gasteiger partial charge in [0.2, 0.25) is 11.8 Å². The highest BCUT2D eigenvalue weighted by molar-refractivity contribution is 5.91. The molecule has 0 saturated carbocycles. The number of nitrogens with one attached hydrogen (secondary N) is 3. The number of rotatable bonds is 8. The van der Waals surface area contributed by atoms with Crippen LogP contribution in [0.25, 0.3) is 10.9 Å². The molecule has 1 unspecified atom stereocenters. The lowest BCUT2D eigenvalue weighted by Gasteiger charge is -2.41. The molecule has 0 radical (unpaired) electrons. The molecule has 4 aliphatic rings. The number of piperidine rings is 2. The molecule has 1 aromatic heterocycles. The Labute approximate surface area is 283 Å². The van der Waals surface area contributed by atoms with E-state index in [1.807, 2.05) is 39.1 Å². The summed E-state index contributed by atoms with van der Waals surface area (Å²) in [5.74, 6) is -0.284. The highest BCUT2D eigenvalue weighted by Crippen LogP contribution is 2.28. The number of para-hydroxylation sites is 1. The topological polar surface area (TPSA) is 117 Å². The van der Waals surface area contributed by atoms with Gasteiger partial charge in [0.05, 0.1) is 17.6 Å². The van der Waals surface area contributed by atoms with Crippen LogP contribution in [0.5, 0.6) is 0 Å². The molecule has 4 amide bonds. The van der Waals surface area contributed by atoms with Gasteiger partial charge in [0, 0.05) is 88.5 Å². The van der Waals surface area contributed by atoms with Crippen LogP contribution in [0.15, 0.2) is 42.6 Å². The number of hydrogen-bond acceptors (Lipinski definition) is 6. The Morgan fingerprint density at radius 2 is 1.65 bits per heavy atom. The van der Waals surface area contributed by atoms with Gasteiger partial charge in [-0.3, -0.25) is 19.6 Å². The number of likely N-dealkylation sites (tertiary alicyclic amines) is 2. The second-order valence-electron chi connectivity index (χ2n) is 14.0. The van der Waals surface area contributed by atoms with E-state index in [1.54, 1.807) is 0 Å². The van der Waals surface area contributed by atoms with E-state index < -0.39 is 5.92 Å². The van der Waals surface area contributed by atoms with Crippen molar-refractivity contribution in [2.45, 2.75) is 70.4 Å². The van der Waals surface area contributed by atoms with Gasteiger partial charge in [0.25, 0.3) is 0 Å². The van der Waals surface area contributed by atoms with Gasteiger partial charge in [0.15, 0.2) is 0 Å². The number of aryl methyl sites for hydroxylation is 1. The Morgan fingerprint density at radius 3 is 2.42 bits per heavy atom. The predicted octanol–water partition coefficient (Wildman–Crippen LogP) is 3.65. The molecule has 0 aliphatic carbocycles. The molecule has 3 fully saturated rings. The molecular formula is C37H50N8O3. The summed E-state index contributed by atoms with van der Waals surface area (Å²) in [5.41, 5.74) is 5.34. The van der Waals surface area contributed by atoms with Gasteiger partial charge in [-0.2, -0.15) is 5.10 Å². The third kappa shape index (κ3) is 7.08. The van der Waals surface area contributed by atoms with E-state index in [0.29, 0.717) is 32.1 Å². The number of amides is 4. The zero-order valence-electron chi connectivity index (χ0n) is 28.3. The lowest BCUT2D eigenvalue weighted by Crippen LogP contribution is -2.53. The fourth-order valence-electron chi connectivity index (χ4n) is 8.39. The summed E-state index contributed by atoms with van der Waals surface area (Å²) >= 11 is 0. The van der Waals surface area contributed by atoms with Crippen LogP contribution in [0.3, 0.4) is 0 Å². The molecule has 0 bridgehead atoms. The van der Waals surface area contributed by atoms with E-state index in [9.17, 15) is 14.4 Å². The van der Waals surface area contributed by atoms with E-state index >= 15 is 0 Å². The number of carbonyl (C=O) groups excluding carboxylic acids is 3. The van der Waals surface area contributed by atoms with E-state index in [1.165, 1.54) is 5.56 Å². The summed E-state index contributed by atoms with van der Waals surface area (Å²) in [6.45, 7) is 9.67. The van der Waals surface area contributed by atoms with Crippen LogP contribution in [0.2, 0.25) is 0 Å². The maximum absolute atomic E-state index is 14.3. The van der Waals surface area contributed by atoms with E-state index in [0.717, 1.165) is 106 Å². The monoisotopic (exact) mass is 654 g/mol. The Hall–Kier alpha value is -3.96. The number of urea groups is 1. The number of hydrogen-bond donors (Lipinski definition) is 3. The van der Waals surface area contributed by atoms with E-state index in [2.05, 4.69) is 50.9 Å². The molecule has 3 saturated heterocycles. The number of carbonyl (C=O) groups is 3. The number of benzene rings is 2. The average Bonchev–Trinajstić information content (AvgIpc) is 3.54. The van der Waals surface area contributed by atoms with Crippen molar-refractivity contribution < 1.29 is 14.4 Å². The number of H-pyrrole nitrogens is 1. The lowest BCUT2D eigenvalue weighted by atomic mass is 9.90. The zero-order chi connectivity index (χ0) is 33.0. The third-order valence-corrected chi connectivity index (χ3v) is 11.2. The number of aromatic nitrogens is 2. The fourth-order valence-corrected chi connectivity index (χ4v) is 8.39. The molecule has 3 N–H and O–H groups in total. The second-order valence-corrected chi connectivity index (χ2v) is 14.0. The predicted molar refractivity (Wildman–Crippen MR) is 187 cm³/mol. The maximum atomic E-state index is 14.3. The maximum Gasteiger partial charge on any atom is 0.322 e. The Bertz CT molecular complexity index is 1600. The van der Waals surface area contributed by atoms with Crippen molar-refractivity contribution in [1.82, 2.24) is 35.1 Å². The Kier molecular flexibility index (Phi) is 9.95. The highest BCUT2D eigenvalue weighted by Gasteiger charge is 2.35. The van der Waals surface area contributed by atoms with Crippen LogP contribution >= 0.6 is 0 Å². The van der Waals surface area contributed by atoms with Crippen molar-refractivity contribution in [2.24, 2.45) is 5.92 Å². The van der Waals surface area contributed by atoms with Crippen LogP contribution in [-0.2, 0) is 28.9 Å². The molecule has 7 rings (SSSR count). The van der Waals surface area contributed by atoms with Gasteiger partial charge in [-0.25, -0.2) is 4.79 Å². The standard InChI is InChI=1S/C37H50N8O3/c1-2-27-21-26(23-30-25-39-41-35(27)30)22-29(36(47)44-16-8-31(9-17-44)42-19-12-38-13-20-42)24-34(46)43-14-10-32(11-15-43)45-18-7-28-5-3-4-6-33(28)40-37(45)48/h3-6,21,23,25,29,31-32,38H,2,7-20,22,24H2,1H3,(H,39,41)(H,40,48). The molecule has 0 spiro atoms.